The largest absolute Gasteiger partial charge is 0.494 e. The molecule has 0 aromatic heterocycles. The second-order valence-corrected chi connectivity index (χ2v) is 4.42. The van der Waals surface area contributed by atoms with Crippen molar-refractivity contribution in [1.82, 2.24) is 4.90 Å². The second-order valence-electron chi connectivity index (χ2n) is 4.42. The molecule has 1 aliphatic heterocycles. The summed E-state index contributed by atoms with van der Waals surface area (Å²) in [4.78, 5) is 2.20. The quantitative estimate of drug-likeness (QED) is 0.872. The normalized spacial score (nSPS) is 18.3. The molecule has 94 valence electrons. The van der Waals surface area contributed by atoms with Crippen LogP contribution >= 0.6 is 0 Å². The second kappa shape index (κ2) is 5.47. The molecule has 0 spiro atoms. The van der Waals surface area contributed by atoms with E-state index in [2.05, 4.69) is 4.90 Å². The molecule has 2 rings (SSSR count). The lowest BCUT2D eigenvalue weighted by Gasteiger charge is -2.19. The molecule has 0 unspecified atom stereocenters. The minimum Gasteiger partial charge on any atom is -0.494 e. The molecule has 1 fully saturated rings. The third-order valence-corrected chi connectivity index (χ3v) is 3.19. The van der Waals surface area contributed by atoms with E-state index < -0.39 is 11.9 Å². The number of benzene rings is 1. The third kappa shape index (κ3) is 2.96. The molecule has 1 aliphatic rings. The molecule has 1 N–H and O–H groups in total. The molecule has 4 heteroatoms. The van der Waals surface area contributed by atoms with Crippen molar-refractivity contribution in [2.75, 3.05) is 26.7 Å². The van der Waals surface area contributed by atoms with Gasteiger partial charge in [-0.2, -0.15) is 0 Å². The minimum absolute atomic E-state index is 0.210. The Balaban J connectivity index is 2.02. The first-order chi connectivity index (χ1) is 8.20. The van der Waals surface area contributed by atoms with Crippen molar-refractivity contribution in [2.45, 2.75) is 18.9 Å². The van der Waals surface area contributed by atoms with Crippen LogP contribution in [0.2, 0.25) is 0 Å². The van der Waals surface area contributed by atoms with Gasteiger partial charge in [-0.3, -0.25) is 0 Å². The SMILES string of the molecule is COc1ccc([C@@H](O)CN2CCCC2)cc1F. The zero-order chi connectivity index (χ0) is 12.3. The standard InChI is InChI=1S/C13H18FNO2/c1-17-13-5-4-10(8-11(13)14)12(16)9-15-6-2-3-7-15/h4-5,8,12,16H,2-3,6-7,9H2,1H3/t12-/m0/s1. The smallest absolute Gasteiger partial charge is 0.165 e. The highest BCUT2D eigenvalue weighted by Crippen LogP contribution is 2.23. The van der Waals surface area contributed by atoms with Crippen molar-refractivity contribution in [3.8, 4) is 5.75 Å². The highest BCUT2D eigenvalue weighted by molar-refractivity contribution is 5.30. The van der Waals surface area contributed by atoms with E-state index in [1.807, 2.05) is 0 Å². The molecule has 0 radical (unpaired) electrons. The van der Waals surface area contributed by atoms with Gasteiger partial charge in [-0.25, -0.2) is 4.39 Å². The van der Waals surface area contributed by atoms with E-state index in [4.69, 9.17) is 4.74 Å². The van der Waals surface area contributed by atoms with Crippen LogP contribution in [0.5, 0.6) is 5.75 Å². The molecule has 17 heavy (non-hydrogen) atoms. The maximum absolute atomic E-state index is 13.5. The number of rotatable bonds is 4. The fourth-order valence-electron chi connectivity index (χ4n) is 2.21. The van der Waals surface area contributed by atoms with Gasteiger partial charge in [0.15, 0.2) is 11.6 Å². The summed E-state index contributed by atoms with van der Waals surface area (Å²) in [5, 5.41) is 10.0. The van der Waals surface area contributed by atoms with Crippen molar-refractivity contribution >= 4 is 0 Å². The molecule has 3 nitrogen and oxygen atoms in total. The first-order valence-corrected chi connectivity index (χ1v) is 5.94. The monoisotopic (exact) mass is 239 g/mol. The summed E-state index contributed by atoms with van der Waals surface area (Å²) < 4.78 is 18.3. The van der Waals surface area contributed by atoms with E-state index in [1.54, 1.807) is 12.1 Å². The van der Waals surface area contributed by atoms with Crippen molar-refractivity contribution in [3.05, 3.63) is 29.6 Å². The number of hydrogen-bond donors (Lipinski definition) is 1. The van der Waals surface area contributed by atoms with Gasteiger partial charge in [0, 0.05) is 6.54 Å². The van der Waals surface area contributed by atoms with Crippen LogP contribution in [0.4, 0.5) is 4.39 Å². The molecule has 0 saturated carbocycles. The van der Waals surface area contributed by atoms with Crippen LogP contribution in [-0.4, -0.2) is 36.8 Å². The number of aliphatic hydroxyl groups excluding tert-OH is 1. The number of halogens is 1. The van der Waals surface area contributed by atoms with Crippen LogP contribution in [-0.2, 0) is 0 Å². The van der Waals surface area contributed by atoms with E-state index in [-0.39, 0.29) is 5.75 Å². The van der Waals surface area contributed by atoms with Crippen LogP contribution in [0, 0.1) is 5.82 Å². The summed E-state index contributed by atoms with van der Waals surface area (Å²) in [5.74, 6) is -0.215. The van der Waals surface area contributed by atoms with Crippen molar-refractivity contribution < 1.29 is 14.2 Å². The van der Waals surface area contributed by atoms with Gasteiger partial charge < -0.3 is 14.7 Å². The summed E-state index contributed by atoms with van der Waals surface area (Å²) >= 11 is 0. The Morgan fingerprint density at radius 3 is 2.71 bits per heavy atom. The number of β-amino-alcohol motifs (C(OH)–C–C–N with tert-alkyl or cyclic N) is 1. The first kappa shape index (κ1) is 12.3. The van der Waals surface area contributed by atoms with E-state index in [1.165, 1.54) is 26.0 Å². The topological polar surface area (TPSA) is 32.7 Å². The molecular weight excluding hydrogens is 221 g/mol. The number of likely N-dealkylation sites (tertiary alicyclic amines) is 1. The molecule has 0 aliphatic carbocycles. The van der Waals surface area contributed by atoms with E-state index >= 15 is 0 Å². The molecule has 0 amide bonds. The van der Waals surface area contributed by atoms with Crippen molar-refractivity contribution in [3.63, 3.8) is 0 Å². The summed E-state index contributed by atoms with van der Waals surface area (Å²) in [7, 11) is 1.43. The summed E-state index contributed by atoms with van der Waals surface area (Å²) in [6.07, 6.45) is 1.74. The summed E-state index contributed by atoms with van der Waals surface area (Å²) in [6, 6.07) is 4.61. The summed E-state index contributed by atoms with van der Waals surface area (Å²) in [5.41, 5.74) is 0.607. The molecule has 1 saturated heterocycles. The highest BCUT2D eigenvalue weighted by Gasteiger charge is 2.17. The van der Waals surface area contributed by atoms with Crippen LogP contribution in [0.1, 0.15) is 24.5 Å². The highest BCUT2D eigenvalue weighted by atomic mass is 19.1. The number of nitrogens with zero attached hydrogens (tertiary/aromatic N) is 1. The average Bonchev–Trinajstić information content (AvgIpc) is 2.81. The van der Waals surface area contributed by atoms with Crippen molar-refractivity contribution in [1.29, 1.82) is 0 Å². The van der Waals surface area contributed by atoms with E-state index in [9.17, 15) is 9.50 Å². The Kier molecular flexibility index (Phi) is 3.97. The van der Waals surface area contributed by atoms with Gasteiger partial charge in [0.25, 0.3) is 0 Å². The number of hydrogen-bond acceptors (Lipinski definition) is 3. The van der Waals surface area contributed by atoms with Gasteiger partial charge in [-0.15, -0.1) is 0 Å². The fraction of sp³-hybridized carbons (Fsp3) is 0.538. The molecule has 1 aromatic rings. The predicted octanol–water partition coefficient (Wildman–Crippen LogP) is 1.96. The van der Waals surface area contributed by atoms with Crippen LogP contribution in [0.15, 0.2) is 18.2 Å². The maximum Gasteiger partial charge on any atom is 0.165 e. The third-order valence-electron chi connectivity index (χ3n) is 3.19. The van der Waals surface area contributed by atoms with E-state index in [0.717, 1.165) is 13.1 Å². The maximum atomic E-state index is 13.5. The van der Waals surface area contributed by atoms with Crippen LogP contribution in [0.25, 0.3) is 0 Å². The van der Waals surface area contributed by atoms with Gasteiger partial charge in [0.05, 0.1) is 13.2 Å². The Bertz CT molecular complexity index is 378. The van der Waals surface area contributed by atoms with Crippen LogP contribution in [0.3, 0.4) is 0 Å². The molecule has 0 bridgehead atoms. The lowest BCUT2D eigenvalue weighted by Crippen LogP contribution is -2.25. The van der Waals surface area contributed by atoms with Gasteiger partial charge in [-0.1, -0.05) is 6.07 Å². The van der Waals surface area contributed by atoms with E-state index in [0.29, 0.717) is 12.1 Å². The summed E-state index contributed by atoms with van der Waals surface area (Å²) in [6.45, 7) is 2.62. The zero-order valence-electron chi connectivity index (χ0n) is 10.0. The van der Waals surface area contributed by atoms with Gasteiger partial charge in [0.2, 0.25) is 0 Å². The zero-order valence-corrected chi connectivity index (χ0v) is 10.0. The lowest BCUT2D eigenvalue weighted by atomic mass is 10.1. The van der Waals surface area contributed by atoms with Gasteiger partial charge in [0.1, 0.15) is 0 Å². The molecule has 1 atom stereocenters. The Hall–Kier alpha value is -1.13. The lowest BCUT2D eigenvalue weighted by molar-refractivity contribution is 0.126. The Morgan fingerprint density at radius 1 is 1.41 bits per heavy atom. The van der Waals surface area contributed by atoms with Crippen molar-refractivity contribution in [2.24, 2.45) is 0 Å². The average molecular weight is 239 g/mol. The number of aliphatic hydroxyl groups is 1. The Morgan fingerprint density at radius 2 is 2.12 bits per heavy atom. The van der Waals surface area contributed by atoms with Gasteiger partial charge in [-0.05, 0) is 43.6 Å². The predicted molar refractivity (Wildman–Crippen MR) is 63.6 cm³/mol. The molecule has 1 aromatic carbocycles. The fourth-order valence-corrected chi connectivity index (χ4v) is 2.21. The number of ether oxygens (including phenoxy) is 1. The molecule has 1 heterocycles. The Labute approximate surface area is 101 Å². The minimum atomic E-state index is -0.631. The first-order valence-electron chi connectivity index (χ1n) is 5.94. The number of methoxy groups -OCH3 is 1. The van der Waals surface area contributed by atoms with Gasteiger partial charge >= 0.3 is 0 Å². The molecular formula is C13H18FNO2. The van der Waals surface area contributed by atoms with Crippen LogP contribution < -0.4 is 4.74 Å².